The summed E-state index contributed by atoms with van der Waals surface area (Å²) in [5.74, 6) is 0. The maximum absolute atomic E-state index is 12.5. The van der Waals surface area contributed by atoms with Gasteiger partial charge in [0.1, 0.15) is 0 Å². The van der Waals surface area contributed by atoms with Gasteiger partial charge in [-0.2, -0.15) is 0 Å². The van der Waals surface area contributed by atoms with Gasteiger partial charge in [0.2, 0.25) is 0 Å². The van der Waals surface area contributed by atoms with Crippen molar-refractivity contribution in [2.45, 2.75) is 6.42 Å². The van der Waals surface area contributed by atoms with Crippen LogP contribution in [-0.4, -0.2) is 43.8 Å². The number of anilines is 2. The van der Waals surface area contributed by atoms with E-state index in [1.165, 1.54) is 0 Å². The molecule has 2 heterocycles. The fraction of sp³-hybridized carbons (Fsp3) is 0.462. The molecule has 2 N–H and O–H groups in total. The standard InChI is InChI=1S/C13H17N3O2/c14-11-3-1-2-10-4-5-16(12(10)11)13(17)15-6-8-18-9-7-15/h1-3H,4-9,14H2. The fourth-order valence-electron chi connectivity index (χ4n) is 2.60. The highest BCUT2D eigenvalue weighted by atomic mass is 16.5. The molecule has 1 fully saturated rings. The number of carbonyl (C=O) groups is 1. The van der Waals surface area contributed by atoms with Crippen molar-refractivity contribution in [3.8, 4) is 0 Å². The Morgan fingerprint density at radius 1 is 1.22 bits per heavy atom. The fourth-order valence-corrected chi connectivity index (χ4v) is 2.60. The Kier molecular flexibility index (Phi) is 2.83. The average molecular weight is 247 g/mol. The summed E-state index contributed by atoms with van der Waals surface area (Å²) >= 11 is 0. The summed E-state index contributed by atoms with van der Waals surface area (Å²) in [5.41, 5.74) is 8.74. The summed E-state index contributed by atoms with van der Waals surface area (Å²) in [7, 11) is 0. The van der Waals surface area contributed by atoms with E-state index in [9.17, 15) is 4.79 Å². The number of carbonyl (C=O) groups excluding carboxylic acids is 1. The number of ether oxygens (including phenoxy) is 1. The van der Waals surface area contributed by atoms with Crippen LogP contribution in [0.2, 0.25) is 0 Å². The SMILES string of the molecule is Nc1cccc2c1N(C(=O)N1CCOCC1)CC2. The van der Waals surface area contributed by atoms with Crippen LogP contribution in [0.4, 0.5) is 16.2 Å². The lowest BCUT2D eigenvalue weighted by molar-refractivity contribution is 0.0550. The average Bonchev–Trinajstić information content (AvgIpc) is 2.84. The Morgan fingerprint density at radius 2 is 2.00 bits per heavy atom. The molecule has 2 aliphatic heterocycles. The summed E-state index contributed by atoms with van der Waals surface area (Å²) in [6, 6.07) is 5.88. The number of nitrogens with zero attached hydrogens (tertiary/aromatic N) is 2. The van der Waals surface area contributed by atoms with Crippen LogP contribution in [-0.2, 0) is 11.2 Å². The second kappa shape index (κ2) is 4.49. The number of morpholine rings is 1. The molecule has 0 saturated carbocycles. The molecule has 2 aliphatic rings. The van der Waals surface area contributed by atoms with E-state index < -0.39 is 0 Å². The van der Waals surface area contributed by atoms with Crippen LogP contribution in [0.15, 0.2) is 18.2 Å². The Morgan fingerprint density at radius 3 is 2.78 bits per heavy atom. The zero-order valence-corrected chi connectivity index (χ0v) is 10.3. The molecule has 1 aromatic carbocycles. The van der Waals surface area contributed by atoms with Crippen molar-refractivity contribution >= 4 is 17.4 Å². The zero-order valence-electron chi connectivity index (χ0n) is 10.3. The monoisotopic (exact) mass is 247 g/mol. The van der Waals surface area contributed by atoms with E-state index in [-0.39, 0.29) is 6.03 Å². The second-order valence-corrected chi connectivity index (χ2v) is 4.64. The lowest BCUT2D eigenvalue weighted by Gasteiger charge is -2.31. The number of urea groups is 1. The van der Waals surface area contributed by atoms with Crippen molar-refractivity contribution < 1.29 is 9.53 Å². The summed E-state index contributed by atoms with van der Waals surface area (Å²) < 4.78 is 5.27. The molecule has 0 aliphatic carbocycles. The predicted octanol–water partition coefficient (Wildman–Crippen LogP) is 1.08. The summed E-state index contributed by atoms with van der Waals surface area (Å²) in [6.45, 7) is 3.29. The van der Waals surface area contributed by atoms with Crippen LogP contribution in [0.5, 0.6) is 0 Å². The van der Waals surface area contributed by atoms with Crippen LogP contribution in [0.3, 0.4) is 0 Å². The molecule has 5 heteroatoms. The number of nitrogen functional groups attached to an aromatic ring is 1. The topological polar surface area (TPSA) is 58.8 Å². The summed E-state index contributed by atoms with van der Waals surface area (Å²) in [6.07, 6.45) is 0.885. The Hall–Kier alpha value is -1.75. The van der Waals surface area contributed by atoms with E-state index in [2.05, 4.69) is 0 Å². The zero-order chi connectivity index (χ0) is 12.5. The van der Waals surface area contributed by atoms with Gasteiger partial charge >= 0.3 is 6.03 Å². The Labute approximate surface area is 106 Å². The maximum Gasteiger partial charge on any atom is 0.324 e. The third-order valence-electron chi connectivity index (χ3n) is 3.54. The van der Waals surface area contributed by atoms with Crippen molar-refractivity contribution in [2.24, 2.45) is 0 Å². The number of fused-ring (bicyclic) bond motifs is 1. The number of rotatable bonds is 0. The van der Waals surface area contributed by atoms with E-state index in [0.29, 0.717) is 32.0 Å². The number of hydrogen-bond donors (Lipinski definition) is 1. The quantitative estimate of drug-likeness (QED) is 0.698. The van der Waals surface area contributed by atoms with E-state index in [4.69, 9.17) is 10.5 Å². The van der Waals surface area contributed by atoms with Crippen LogP contribution in [0, 0.1) is 0 Å². The van der Waals surface area contributed by atoms with Gasteiger partial charge in [-0.15, -0.1) is 0 Å². The molecule has 0 radical (unpaired) electrons. The molecule has 3 rings (SSSR count). The molecule has 18 heavy (non-hydrogen) atoms. The molecule has 0 unspecified atom stereocenters. The lowest BCUT2D eigenvalue weighted by atomic mass is 10.1. The molecule has 1 saturated heterocycles. The van der Waals surface area contributed by atoms with Gasteiger partial charge in [0.15, 0.2) is 0 Å². The third-order valence-corrected chi connectivity index (χ3v) is 3.54. The largest absolute Gasteiger partial charge is 0.397 e. The minimum absolute atomic E-state index is 0.0509. The van der Waals surface area contributed by atoms with Crippen molar-refractivity contribution in [2.75, 3.05) is 43.5 Å². The first-order valence-corrected chi connectivity index (χ1v) is 6.29. The van der Waals surface area contributed by atoms with Crippen LogP contribution in [0.25, 0.3) is 0 Å². The van der Waals surface area contributed by atoms with Crippen molar-refractivity contribution in [1.29, 1.82) is 0 Å². The molecule has 2 amide bonds. The number of para-hydroxylation sites is 1. The molecule has 5 nitrogen and oxygen atoms in total. The third kappa shape index (κ3) is 1.80. The van der Waals surface area contributed by atoms with Crippen LogP contribution < -0.4 is 10.6 Å². The minimum atomic E-state index is 0.0509. The molecular weight excluding hydrogens is 230 g/mol. The van der Waals surface area contributed by atoms with Gasteiger partial charge in [-0.05, 0) is 18.1 Å². The van der Waals surface area contributed by atoms with Gasteiger partial charge in [-0.25, -0.2) is 4.79 Å². The number of benzene rings is 1. The first-order valence-electron chi connectivity index (χ1n) is 6.29. The molecule has 0 atom stereocenters. The number of hydrogen-bond acceptors (Lipinski definition) is 3. The first kappa shape index (κ1) is 11.3. The number of amides is 2. The van der Waals surface area contributed by atoms with Gasteiger partial charge in [-0.1, -0.05) is 12.1 Å². The normalized spacial score (nSPS) is 18.9. The van der Waals surface area contributed by atoms with Gasteiger partial charge in [0, 0.05) is 19.6 Å². The molecule has 96 valence electrons. The highest BCUT2D eigenvalue weighted by Gasteiger charge is 2.30. The molecule has 0 spiro atoms. The van der Waals surface area contributed by atoms with E-state index in [0.717, 1.165) is 24.2 Å². The van der Waals surface area contributed by atoms with Gasteiger partial charge in [0.05, 0.1) is 24.6 Å². The van der Waals surface area contributed by atoms with Gasteiger partial charge < -0.3 is 15.4 Å². The van der Waals surface area contributed by atoms with E-state index in [1.807, 2.05) is 23.1 Å². The van der Waals surface area contributed by atoms with Crippen molar-refractivity contribution in [1.82, 2.24) is 4.90 Å². The molecule has 0 bridgehead atoms. The molecule has 1 aromatic rings. The van der Waals surface area contributed by atoms with Gasteiger partial charge in [0.25, 0.3) is 0 Å². The Balaban J connectivity index is 1.85. The lowest BCUT2D eigenvalue weighted by Crippen LogP contribution is -2.48. The maximum atomic E-state index is 12.5. The Bertz CT molecular complexity index is 469. The van der Waals surface area contributed by atoms with Gasteiger partial charge in [-0.3, -0.25) is 4.90 Å². The minimum Gasteiger partial charge on any atom is -0.397 e. The second-order valence-electron chi connectivity index (χ2n) is 4.64. The van der Waals surface area contributed by atoms with Crippen LogP contribution >= 0.6 is 0 Å². The predicted molar refractivity (Wildman–Crippen MR) is 69.7 cm³/mol. The highest BCUT2D eigenvalue weighted by molar-refractivity contribution is 5.97. The van der Waals surface area contributed by atoms with Crippen molar-refractivity contribution in [3.63, 3.8) is 0 Å². The number of nitrogens with two attached hydrogens (primary N) is 1. The van der Waals surface area contributed by atoms with Crippen molar-refractivity contribution in [3.05, 3.63) is 23.8 Å². The summed E-state index contributed by atoms with van der Waals surface area (Å²) in [5, 5.41) is 0. The summed E-state index contributed by atoms with van der Waals surface area (Å²) in [4.78, 5) is 16.1. The first-order chi connectivity index (χ1) is 8.77. The molecular formula is C13H17N3O2. The van der Waals surface area contributed by atoms with Crippen LogP contribution in [0.1, 0.15) is 5.56 Å². The van der Waals surface area contributed by atoms with E-state index in [1.54, 1.807) is 4.90 Å². The molecule has 0 aromatic heterocycles. The highest BCUT2D eigenvalue weighted by Crippen LogP contribution is 2.34. The van der Waals surface area contributed by atoms with E-state index >= 15 is 0 Å². The smallest absolute Gasteiger partial charge is 0.324 e.